The van der Waals surface area contributed by atoms with Gasteiger partial charge in [0.15, 0.2) is 0 Å². The first-order chi connectivity index (χ1) is 10.6. The summed E-state index contributed by atoms with van der Waals surface area (Å²) in [5.41, 5.74) is 0. The first-order valence-corrected chi connectivity index (χ1v) is 9.33. The fraction of sp³-hybridized carbons (Fsp3) is 0.944. The van der Waals surface area contributed by atoms with E-state index in [1.807, 2.05) is 0 Å². The highest BCUT2D eigenvalue weighted by Crippen LogP contribution is 2.53. The summed E-state index contributed by atoms with van der Waals surface area (Å²) < 4.78 is 0. The molecule has 5 aliphatic rings. The Morgan fingerprint density at radius 3 is 2.05 bits per heavy atom. The molecule has 4 saturated carbocycles. The lowest BCUT2D eigenvalue weighted by Gasteiger charge is -2.54. The van der Waals surface area contributed by atoms with Crippen LogP contribution in [-0.4, -0.2) is 61.0 Å². The van der Waals surface area contributed by atoms with Crippen molar-refractivity contribution in [2.45, 2.75) is 51.1 Å². The van der Waals surface area contributed by atoms with Gasteiger partial charge in [-0.2, -0.15) is 0 Å². The van der Waals surface area contributed by atoms with Crippen molar-refractivity contribution in [3.05, 3.63) is 0 Å². The Hall–Kier alpha value is -0.610. The summed E-state index contributed by atoms with van der Waals surface area (Å²) >= 11 is 0. The van der Waals surface area contributed by atoms with Crippen LogP contribution in [0.25, 0.3) is 0 Å². The molecule has 1 N–H and O–H groups in total. The van der Waals surface area contributed by atoms with Crippen LogP contribution in [-0.2, 0) is 4.79 Å². The van der Waals surface area contributed by atoms with E-state index in [0.717, 1.165) is 49.9 Å². The number of nitrogens with zero attached hydrogens (tertiary/aromatic N) is 2. The van der Waals surface area contributed by atoms with E-state index >= 15 is 0 Å². The van der Waals surface area contributed by atoms with Crippen LogP contribution in [0.4, 0.5) is 0 Å². The van der Waals surface area contributed by atoms with Crippen LogP contribution in [0.3, 0.4) is 0 Å². The van der Waals surface area contributed by atoms with E-state index in [0.29, 0.717) is 6.04 Å². The lowest BCUT2D eigenvalue weighted by atomic mass is 9.54. The van der Waals surface area contributed by atoms with E-state index in [-0.39, 0.29) is 11.9 Å². The van der Waals surface area contributed by atoms with E-state index in [2.05, 4.69) is 29.1 Å². The second-order valence-corrected chi connectivity index (χ2v) is 8.48. The van der Waals surface area contributed by atoms with E-state index in [4.69, 9.17) is 0 Å². The summed E-state index contributed by atoms with van der Waals surface area (Å²) in [7, 11) is 2.16. The van der Waals surface area contributed by atoms with Crippen LogP contribution in [0.5, 0.6) is 0 Å². The number of carbonyl (C=O) groups is 1. The van der Waals surface area contributed by atoms with E-state index in [1.165, 1.54) is 32.1 Å². The molecule has 1 atom stereocenters. The molecule has 1 aliphatic heterocycles. The van der Waals surface area contributed by atoms with Crippen LogP contribution in [0.1, 0.15) is 39.0 Å². The van der Waals surface area contributed by atoms with Gasteiger partial charge in [0.25, 0.3) is 0 Å². The van der Waals surface area contributed by atoms with Crippen molar-refractivity contribution in [3.63, 3.8) is 0 Å². The van der Waals surface area contributed by atoms with E-state index in [1.54, 1.807) is 0 Å². The SMILES string of the molecule is CC(C(=O)NC1C2CC3CC(C2)CC1C3)N1CCN(C)CC1. The van der Waals surface area contributed by atoms with Crippen LogP contribution in [0.15, 0.2) is 0 Å². The monoisotopic (exact) mass is 305 g/mol. The molecular weight excluding hydrogens is 274 g/mol. The van der Waals surface area contributed by atoms with Gasteiger partial charge in [-0.25, -0.2) is 0 Å². The second-order valence-electron chi connectivity index (χ2n) is 8.48. The largest absolute Gasteiger partial charge is 0.351 e. The standard InChI is InChI=1S/C18H31N3O/c1-12(21-5-3-20(2)4-6-21)18(22)19-17-15-8-13-7-14(10-15)11-16(17)9-13/h12-17H,3-11H2,1-2H3,(H,19,22). The molecule has 1 saturated heterocycles. The molecule has 0 spiro atoms. The molecule has 1 unspecified atom stereocenters. The minimum atomic E-state index is 0.0332. The van der Waals surface area contributed by atoms with Crippen LogP contribution < -0.4 is 5.32 Å². The van der Waals surface area contributed by atoms with Crippen molar-refractivity contribution < 1.29 is 4.79 Å². The Balaban J connectivity index is 1.35. The Morgan fingerprint density at radius 2 is 1.50 bits per heavy atom. The third-order valence-corrected chi connectivity index (χ3v) is 7.00. The number of piperazine rings is 1. The lowest BCUT2D eigenvalue weighted by molar-refractivity contribution is -0.130. The summed E-state index contributed by atoms with van der Waals surface area (Å²) in [4.78, 5) is 17.4. The van der Waals surface area contributed by atoms with Crippen molar-refractivity contribution >= 4 is 5.91 Å². The molecule has 22 heavy (non-hydrogen) atoms. The summed E-state index contributed by atoms with van der Waals surface area (Å²) in [5.74, 6) is 3.79. The highest BCUT2D eigenvalue weighted by molar-refractivity contribution is 5.81. The second kappa shape index (κ2) is 5.79. The highest BCUT2D eigenvalue weighted by atomic mass is 16.2. The molecule has 0 aromatic carbocycles. The van der Waals surface area contributed by atoms with Crippen LogP contribution in [0, 0.1) is 23.7 Å². The Morgan fingerprint density at radius 1 is 0.955 bits per heavy atom. The first kappa shape index (κ1) is 14.9. The zero-order valence-corrected chi connectivity index (χ0v) is 14.1. The highest BCUT2D eigenvalue weighted by Gasteiger charge is 2.48. The van der Waals surface area contributed by atoms with Crippen molar-refractivity contribution in [3.8, 4) is 0 Å². The number of hydrogen-bond donors (Lipinski definition) is 1. The maximum absolute atomic E-state index is 12.7. The maximum Gasteiger partial charge on any atom is 0.237 e. The lowest BCUT2D eigenvalue weighted by Crippen LogP contribution is -2.59. The fourth-order valence-corrected chi connectivity index (χ4v) is 5.82. The molecule has 0 radical (unpaired) electrons. The third-order valence-electron chi connectivity index (χ3n) is 7.00. The number of amides is 1. The topological polar surface area (TPSA) is 35.6 Å². The smallest absolute Gasteiger partial charge is 0.237 e. The van der Waals surface area contributed by atoms with Gasteiger partial charge in [0.05, 0.1) is 6.04 Å². The predicted octanol–water partition coefficient (Wildman–Crippen LogP) is 1.56. The zero-order chi connectivity index (χ0) is 15.3. The minimum Gasteiger partial charge on any atom is -0.351 e. The summed E-state index contributed by atoms with van der Waals surface area (Å²) in [6.07, 6.45) is 6.98. The van der Waals surface area contributed by atoms with Gasteiger partial charge in [0, 0.05) is 32.2 Å². The van der Waals surface area contributed by atoms with Gasteiger partial charge < -0.3 is 10.2 Å². The molecule has 5 fully saturated rings. The van der Waals surface area contributed by atoms with Gasteiger partial charge in [-0.05, 0) is 69.7 Å². The van der Waals surface area contributed by atoms with Gasteiger partial charge in [0.2, 0.25) is 5.91 Å². The summed E-state index contributed by atoms with van der Waals surface area (Å²) in [6, 6.07) is 0.515. The van der Waals surface area contributed by atoms with Crippen molar-refractivity contribution in [2.24, 2.45) is 23.7 Å². The van der Waals surface area contributed by atoms with Crippen LogP contribution in [0.2, 0.25) is 0 Å². The molecule has 124 valence electrons. The normalized spacial score (nSPS) is 43.3. The van der Waals surface area contributed by atoms with Crippen molar-refractivity contribution in [1.82, 2.24) is 15.1 Å². The molecule has 5 rings (SSSR count). The summed E-state index contributed by atoms with van der Waals surface area (Å²) in [6.45, 7) is 6.29. The molecule has 0 aromatic heterocycles. The molecule has 4 nitrogen and oxygen atoms in total. The zero-order valence-electron chi connectivity index (χ0n) is 14.1. The van der Waals surface area contributed by atoms with Gasteiger partial charge >= 0.3 is 0 Å². The molecular formula is C18H31N3O. The molecule has 1 amide bonds. The first-order valence-electron chi connectivity index (χ1n) is 9.33. The Kier molecular flexibility index (Phi) is 3.93. The number of carbonyl (C=O) groups excluding carboxylic acids is 1. The average molecular weight is 305 g/mol. The number of likely N-dealkylation sites (N-methyl/N-ethyl adjacent to an activating group) is 1. The molecule has 4 aliphatic carbocycles. The van der Waals surface area contributed by atoms with E-state index < -0.39 is 0 Å². The molecule has 4 bridgehead atoms. The minimum absolute atomic E-state index is 0.0332. The van der Waals surface area contributed by atoms with Gasteiger partial charge in [-0.1, -0.05) is 0 Å². The van der Waals surface area contributed by atoms with Gasteiger partial charge in [-0.15, -0.1) is 0 Å². The predicted molar refractivity (Wildman–Crippen MR) is 87.5 cm³/mol. The van der Waals surface area contributed by atoms with Crippen molar-refractivity contribution in [1.29, 1.82) is 0 Å². The Bertz CT molecular complexity index is 402. The number of nitrogens with one attached hydrogen (secondary N) is 1. The van der Waals surface area contributed by atoms with Gasteiger partial charge in [0.1, 0.15) is 0 Å². The van der Waals surface area contributed by atoms with Crippen LogP contribution >= 0.6 is 0 Å². The maximum atomic E-state index is 12.7. The molecule has 0 aromatic rings. The fourth-order valence-electron chi connectivity index (χ4n) is 5.82. The molecule has 1 heterocycles. The van der Waals surface area contributed by atoms with E-state index in [9.17, 15) is 4.79 Å². The number of hydrogen-bond acceptors (Lipinski definition) is 3. The third kappa shape index (κ3) is 2.69. The van der Waals surface area contributed by atoms with Crippen molar-refractivity contribution in [2.75, 3.05) is 33.2 Å². The quantitative estimate of drug-likeness (QED) is 0.859. The van der Waals surface area contributed by atoms with Gasteiger partial charge in [-0.3, -0.25) is 9.69 Å². The number of rotatable bonds is 3. The summed E-state index contributed by atoms with van der Waals surface area (Å²) in [5, 5.41) is 3.48. The Labute approximate surface area is 134 Å². The average Bonchev–Trinajstić information content (AvgIpc) is 2.50. The molecule has 4 heteroatoms.